The van der Waals surface area contributed by atoms with Crippen LogP contribution in [0.1, 0.15) is 26.7 Å². The lowest BCUT2D eigenvalue weighted by Gasteiger charge is -2.45. The second kappa shape index (κ2) is 4.17. The number of hydrogen-bond acceptors (Lipinski definition) is 2. The largest absolute Gasteiger partial charge is 0.365 e. The summed E-state index contributed by atoms with van der Waals surface area (Å²) in [5.74, 6) is 0.174. The van der Waals surface area contributed by atoms with Crippen molar-refractivity contribution < 1.29 is 0 Å². The van der Waals surface area contributed by atoms with Crippen molar-refractivity contribution in [3.63, 3.8) is 0 Å². The second-order valence-electron chi connectivity index (χ2n) is 5.12. The van der Waals surface area contributed by atoms with Gasteiger partial charge in [-0.25, -0.2) is 0 Å². The van der Waals surface area contributed by atoms with Crippen LogP contribution in [0.25, 0.3) is 0 Å². The van der Waals surface area contributed by atoms with Crippen LogP contribution in [0.2, 0.25) is 0 Å². The maximum absolute atomic E-state index is 9.05. The Balaban J connectivity index is 2.26. The van der Waals surface area contributed by atoms with Gasteiger partial charge in [-0.05, 0) is 38.8 Å². The molecule has 1 aromatic carbocycles. The van der Waals surface area contributed by atoms with Gasteiger partial charge in [0.15, 0.2) is 0 Å². The molecule has 2 nitrogen and oxygen atoms in total. The first kappa shape index (κ1) is 11.0. The monoisotopic (exact) mass is 214 g/mol. The molecule has 1 heterocycles. The molecule has 84 valence electrons. The molecule has 1 aliphatic rings. The molecule has 1 unspecified atom stereocenters. The minimum absolute atomic E-state index is 0.161. The van der Waals surface area contributed by atoms with Gasteiger partial charge in [0, 0.05) is 17.8 Å². The third-order valence-electron chi connectivity index (χ3n) is 3.49. The van der Waals surface area contributed by atoms with E-state index in [0.29, 0.717) is 0 Å². The van der Waals surface area contributed by atoms with Gasteiger partial charge in [0.25, 0.3) is 0 Å². The van der Waals surface area contributed by atoms with E-state index in [1.807, 2.05) is 6.07 Å². The van der Waals surface area contributed by atoms with Gasteiger partial charge in [-0.15, -0.1) is 0 Å². The zero-order chi connectivity index (χ0) is 11.6. The van der Waals surface area contributed by atoms with Crippen LogP contribution in [0, 0.1) is 17.2 Å². The standard InChI is InChI=1S/C14H18N2/c1-14(2)9-8-12(10-15)11-16(14)13-6-4-3-5-7-13/h3-7,12H,8-9,11H2,1-2H3. The molecular formula is C14H18N2. The lowest BCUT2D eigenvalue weighted by molar-refractivity contribution is 0.325. The summed E-state index contributed by atoms with van der Waals surface area (Å²) in [6, 6.07) is 12.8. The van der Waals surface area contributed by atoms with Crippen LogP contribution in [0.4, 0.5) is 5.69 Å². The Kier molecular flexibility index (Phi) is 2.87. The molecule has 16 heavy (non-hydrogen) atoms. The quantitative estimate of drug-likeness (QED) is 0.717. The Hall–Kier alpha value is -1.49. The van der Waals surface area contributed by atoms with Crippen LogP contribution in [0.5, 0.6) is 0 Å². The Morgan fingerprint density at radius 1 is 1.31 bits per heavy atom. The average molecular weight is 214 g/mol. The van der Waals surface area contributed by atoms with E-state index in [1.54, 1.807) is 0 Å². The van der Waals surface area contributed by atoms with Crippen molar-refractivity contribution in [1.29, 1.82) is 5.26 Å². The number of nitrogens with zero attached hydrogens (tertiary/aromatic N) is 2. The highest BCUT2D eigenvalue weighted by molar-refractivity contribution is 5.49. The topological polar surface area (TPSA) is 27.0 Å². The summed E-state index contributed by atoms with van der Waals surface area (Å²) < 4.78 is 0. The maximum atomic E-state index is 9.05. The van der Waals surface area contributed by atoms with Crippen LogP contribution >= 0.6 is 0 Å². The van der Waals surface area contributed by atoms with Crippen molar-refractivity contribution in [2.45, 2.75) is 32.2 Å². The molecule has 0 bridgehead atoms. The van der Waals surface area contributed by atoms with E-state index in [-0.39, 0.29) is 11.5 Å². The summed E-state index contributed by atoms with van der Waals surface area (Å²) in [4.78, 5) is 2.37. The lowest BCUT2D eigenvalue weighted by Crippen LogP contribution is -2.50. The molecule has 0 saturated carbocycles. The van der Waals surface area contributed by atoms with Crippen molar-refractivity contribution >= 4 is 5.69 Å². The molecule has 1 fully saturated rings. The summed E-state index contributed by atoms with van der Waals surface area (Å²) in [6.45, 7) is 5.37. The van der Waals surface area contributed by atoms with Crippen LogP contribution in [0.3, 0.4) is 0 Å². The molecule has 0 radical (unpaired) electrons. The van der Waals surface area contributed by atoms with Gasteiger partial charge in [0.1, 0.15) is 0 Å². The summed E-state index contributed by atoms with van der Waals surface area (Å²) in [7, 11) is 0. The number of nitriles is 1. The highest BCUT2D eigenvalue weighted by atomic mass is 15.2. The van der Waals surface area contributed by atoms with Gasteiger partial charge in [-0.3, -0.25) is 0 Å². The van der Waals surface area contributed by atoms with E-state index < -0.39 is 0 Å². The molecule has 0 amide bonds. The van der Waals surface area contributed by atoms with E-state index in [4.69, 9.17) is 5.26 Å². The molecule has 1 aliphatic heterocycles. The predicted molar refractivity (Wildman–Crippen MR) is 66.2 cm³/mol. The minimum Gasteiger partial charge on any atom is -0.365 e. The maximum Gasteiger partial charge on any atom is 0.0674 e. The zero-order valence-electron chi connectivity index (χ0n) is 9.98. The number of rotatable bonds is 1. The molecular weight excluding hydrogens is 196 g/mol. The number of benzene rings is 1. The molecule has 0 aromatic heterocycles. The molecule has 2 heteroatoms. The van der Waals surface area contributed by atoms with Crippen LogP contribution in [-0.2, 0) is 0 Å². The fraction of sp³-hybridized carbons (Fsp3) is 0.500. The molecule has 1 aromatic rings. The Bertz CT molecular complexity index is 389. The third kappa shape index (κ3) is 2.04. The van der Waals surface area contributed by atoms with E-state index in [1.165, 1.54) is 5.69 Å². The summed E-state index contributed by atoms with van der Waals surface area (Å²) in [5.41, 5.74) is 1.39. The highest BCUT2D eigenvalue weighted by Gasteiger charge is 2.34. The summed E-state index contributed by atoms with van der Waals surface area (Å²) >= 11 is 0. The van der Waals surface area contributed by atoms with E-state index >= 15 is 0 Å². The average Bonchev–Trinajstić information content (AvgIpc) is 2.30. The van der Waals surface area contributed by atoms with Crippen LogP contribution < -0.4 is 4.90 Å². The number of hydrogen-bond donors (Lipinski definition) is 0. The molecule has 0 N–H and O–H groups in total. The van der Waals surface area contributed by atoms with Crippen LogP contribution in [-0.4, -0.2) is 12.1 Å². The van der Waals surface area contributed by atoms with Crippen molar-refractivity contribution in [2.75, 3.05) is 11.4 Å². The fourth-order valence-corrected chi connectivity index (χ4v) is 2.39. The third-order valence-corrected chi connectivity index (χ3v) is 3.49. The summed E-state index contributed by atoms with van der Waals surface area (Å²) in [5, 5.41) is 9.05. The molecule has 1 saturated heterocycles. The van der Waals surface area contributed by atoms with Crippen molar-refractivity contribution in [1.82, 2.24) is 0 Å². The first-order valence-electron chi connectivity index (χ1n) is 5.86. The fourth-order valence-electron chi connectivity index (χ4n) is 2.39. The van der Waals surface area contributed by atoms with Gasteiger partial charge >= 0.3 is 0 Å². The Morgan fingerprint density at radius 2 is 2.00 bits per heavy atom. The molecule has 1 atom stereocenters. The van der Waals surface area contributed by atoms with E-state index in [2.05, 4.69) is 49.1 Å². The SMILES string of the molecule is CC1(C)CCC(C#N)CN1c1ccccc1. The van der Waals surface area contributed by atoms with E-state index in [9.17, 15) is 0 Å². The second-order valence-corrected chi connectivity index (χ2v) is 5.12. The Labute approximate surface area is 97.5 Å². The minimum atomic E-state index is 0.161. The van der Waals surface area contributed by atoms with Crippen molar-refractivity contribution in [3.05, 3.63) is 30.3 Å². The first-order valence-corrected chi connectivity index (χ1v) is 5.86. The zero-order valence-corrected chi connectivity index (χ0v) is 9.98. The normalized spacial score (nSPS) is 23.8. The lowest BCUT2D eigenvalue weighted by atomic mass is 9.85. The van der Waals surface area contributed by atoms with Gasteiger partial charge in [-0.1, -0.05) is 18.2 Å². The predicted octanol–water partition coefficient (Wildman–Crippen LogP) is 3.21. The van der Waals surface area contributed by atoms with Crippen molar-refractivity contribution in [3.8, 4) is 6.07 Å². The Morgan fingerprint density at radius 3 is 2.62 bits per heavy atom. The van der Waals surface area contributed by atoms with E-state index in [0.717, 1.165) is 19.4 Å². The number of para-hydroxylation sites is 1. The number of piperidine rings is 1. The first-order chi connectivity index (χ1) is 7.63. The van der Waals surface area contributed by atoms with Gasteiger partial charge in [-0.2, -0.15) is 5.26 Å². The van der Waals surface area contributed by atoms with Gasteiger partial charge in [0.05, 0.1) is 12.0 Å². The van der Waals surface area contributed by atoms with Crippen molar-refractivity contribution in [2.24, 2.45) is 5.92 Å². The smallest absolute Gasteiger partial charge is 0.0674 e. The molecule has 2 rings (SSSR count). The number of anilines is 1. The van der Waals surface area contributed by atoms with Crippen LogP contribution in [0.15, 0.2) is 30.3 Å². The van der Waals surface area contributed by atoms with Gasteiger partial charge in [0.2, 0.25) is 0 Å². The van der Waals surface area contributed by atoms with Gasteiger partial charge < -0.3 is 4.90 Å². The summed E-state index contributed by atoms with van der Waals surface area (Å²) in [6.07, 6.45) is 2.10. The highest BCUT2D eigenvalue weighted by Crippen LogP contribution is 2.34. The molecule has 0 aliphatic carbocycles. The molecule has 0 spiro atoms.